The van der Waals surface area contributed by atoms with Crippen LogP contribution in [0.2, 0.25) is 10.0 Å². The lowest BCUT2D eigenvalue weighted by molar-refractivity contribution is -0.384. The largest absolute Gasteiger partial charge is 0.321 e. The summed E-state index contributed by atoms with van der Waals surface area (Å²) < 4.78 is 0.592. The molecule has 108 valence electrons. The average molecular weight is 437 g/mol. The van der Waals surface area contributed by atoms with Crippen LogP contribution in [0.25, 0.3) is 0 Å². The SMILES string of the molecule is O=C(Nc1cccc(Cl)c1Cl)c1cc([N+](=O)[O-])ccc1I. The number of carbonyl (C=O) groups excluding carboxylic acids is 1. The summed E-state index contributed by atoms with van der Waals surface area (Å²) in [5, 5.41) is 13.9. The molecule has 8 heteroatoms. The molecule has 0 atom stereocenters. The molecule has 0 aliphatic carbocycles. The summed E-state index contributed by atoms with van der Waals surface area (Å²) in [5.41, 5.74) is 0.384. The molecule has 0 heterocycles. The minimum Gasteiger partial charge on any atom is -0.321 e. The number of anilines is 1. The summed E-state index contributed by atoms with van der Waals surface area (Å²) in [7, 11) is 0. The van der Waals surface area contributed by atoms with Crippen LogP contribution in [0.4, 0.5) is 11.4 Å². The van der Waals surface area contributed by atoms with Crippen LogP contribution in [-0.2, 0) is 0 Å². The molecule has 0 radical (unpaired) electrons. The lowest BCUT2D eigenvalue weighted by atomic mass is 10.2. The minimum atomic E-state index is -0.556. The predicted octanol–water partition coefficient (Wildman–Crippen LogP) is 4.76. The maximum absolute atomic E-state index is 12.2. The maximum Gasteiger partial charge on any atom is 0.270 e. The zero-order valence-corrected chi connectivity index (χ0v) is 13.9. The van der Waals surface area contributed by atoms with E-state index in [2.05, 4.69) is 5.32 Å². The fraction of sp³-hybridized carbons (Fsp3) is 0. The molecule has 0 aliphatic heterocycles. The number of nitrogens with one attached hydrogen (secondary N) is 1. The zero-order chi connectivity index (χ0) is 15.6. The van der Waals surface area contributed by atoms with Crippen molar-refractivity contribution in [2.75, 3.05) is 5.32 Å². The molecule has 2 rings (SSSR count). The van der Waals surface area contributed by atoms with Crippen LogP contribution in [0.5, 0.6) is 0 Å². The van der Waals surface area contributed by atoms with E-state index in [0.717, 1.165) is 0 Å². The summed E-state index contributed by atoms with van der Waals surface area (Å²) in [6.07, 6.45) is 0. The summed E-state index contributed by atoms with van der Waals surface area (Å²) >= 11 is 13.8. The fourth-order valence-corrected chi connectivity index (χ4v) is 2.52. The standard InChI is InChI=1S/C13H7Cl2IN2O3/c14-9-2-1-3-11(12(9)15)17-13(19)8-6-7(18(20)21)4-5-10(8)16/h1-6H,(H,17,19). The average Bonchev–Trinajstić information content (AvgIpc) is 2.44. The molecule has 2 aromatic carbocycles. The third-order valence-electron chi connectivity index (χ3n) is 2.61. The second-order valence-electron chi connectivity index (χ2n) is 3.98. The highest BCUT2D eigenvalue weighted by Crippen LogP contribution is 2.30. The van der Waals surface area contributed by atoms with Crippen molar-refractivity contribution >= 4 is 63.1 Å². The first-order valence-corrected chi connectivity index (χ1v) is 7.43. The molecule has 0 unspecified atom stereocenters. The van der Waals surface area contributed by atoms with Gasteiger partial charge in [0.25, 0.3) is 11.6 Å². The number of carbonyl (C=O) groups is 1. The first-order valence-electron chi connectivity index (χ1n) is 5.59. The van der Waals surface area contributed by atoms with Gasteiger partial charge in [0.1, 0.15) is 0 Å². The summed E-state index contributed by atoms with van der Waals surface area (Å²) in [6.45, 7) is 0. The van der Waals surface area contributed by atoms with Crippen molar-refractivity contribution in [2.45, 2.75) is 0 Å². The smallest absolute Gasteiger partial charge is 0.270 e. The molecule has 0 spiro atoms. The number of benzene rings is 2. The van der Waals surface area contributed by atoms with E-state index < -0.39 is 10.8 Å². The molecule has 0 bridgehead atoms. The second kappa shape index (κ2) is 6.59. The number of rotatable bonds is 3. The highest BCUT2D eigenvalue weighted by Gasteiger charge is 2.17. The van der Waals surface area contributed by atoms with Gasteiger partial charge in [-0.2, -0.15) is 0 Å². The van der Waals surface area contributed by atoms with Gasteiger partial charge < -0.3 is 5.32 Å². The number of nitrogens with zero attached hydrogens (tertiary/aromatic N) is 1. The maximum atomic E-state index is 12.2. The van der Waals surface area contributed by atoms with Gasteiger partial charge in [0.05, 0.1) is 26.2 Å². The topological polar surface area (TPSA) is 72.2 Å². The number of halogens is 3. The zero-order valence-electron chi connectivity index (χ0n) is 10.3. The van der Waals surface area contributed by atoms with Crippen molar-refractivity contribution in [3.05, 3.63) is 65.7 Å². The van der Waals surface area contributed by atoms with Gasteiger partial charge in [0, 0.05) is 15.7 Å². The quantitative estimate of drug-likeness (QED) is 0.428. The highest BCUT2D eigenvalue weighted by molar-refractivity contribution is 14.1. The summed E-state index contributed by atoms with van der Waals surface area (Å²) in [5.74, 6) is -0.493. The lowest BCUT2D eigenvalue weighted by Crippen LogP contribution is -2.14. The van der Waals surface area contributed by atoms with Gasteiger partial charge in [-0.05, 0) is 40.8 Å². The normalized spacial score (nSPS) is 10.2. The van der Waals surface area contributed by atoms with Gasteiger partial charge in [-0.15, -0.1) is 0 Å². The van der Waals surface area contributed by atoms with Gasteiger partial charge in [-0.1, -0.05) is 29.3 Å². The first kappa shape index (κ1) is 16.0. The van der Waals surface area contributed by atoms with Gasteiger partial charge in [0.2, 0.25) is 0 Å². The molecular weight excluding hydrogens is 430 g/mol. The molecule has 0 fully saturated rings. The number of hydrogen-bond acceptors (Lipinski definition) is 3. The Balaban J connectivity index is 2.34. The van der Waals surface area contributed by atoms with Crippen LogP contribution in [-0.4, -0.2) is 10.8 Å². The molecule has 21 heavy (non-hydrogen) atoms. The van der Waals surface area contributed by atoms with Crippen LogP contribution in [0.15, 0.2) is 36.4 Å². The number of amides is 1. The van der Waals surface area contributed by atoms with Crippen molar-refractivity contribution in [1.82, 2.24) is 0 Å². The van der Waals surface area contributed by atoms with E-state index in [1.165, 1.54) is 18.2 Å². The van der Waals surface area contributed by atoms with Gasteiger partial charge in [-0.3, -0.25) is 14.9 Å². The molecule has 0 aliphatic rings. The molecule has 0 saturated carbocycles. The van der Waals surface area contributed by atoms with E-state index >= 15 is 0 Å². The second-order valence-corrected chi connectivity index (χ2v) is 5.92. The van der Waals surface area contributed by atoms with Crippen LogP contribution in [0.1, 0.15) is 10.4 Å². The monoisotopic (exact) mass is 436 g/mol. The predicted molar refractivity (Wildman–Crippen MR) is 90.2 cm³/mol. The first-order chi connectivity index (χ1) is 9.90. The van der Waals surface area contributed by atoms with Crippen molar-refractivity contribution in [1.29, 1.82) is 0 Å². The van der Waals surface area contributed by atoms with Crippen LogP contribution in [0.3, 0.4) is 0 Å². The van der Waals surface area contributed by atoms with Crippen molar-refractivity contribution in [3.8, 4) is 0 Å². The van der Waals surface area contributed by atoms with E-state index in [0.29, 0.717) is 14.3 Å². The van der Waals surface area contributed by atoms with E-state index in [9.17, 15) is 14.9 Å². The van der Waals surface area contributed by atoms with Crippen LogP contribution in [0, 0.1) is 13.7 Å². The highest BCUT2D eigenvalue weighted by atomic mass is 127. The molecule has 1 amide bonds. The molecule has 2 aromatic rings. The molecule has 0 aromatic heterocycles. The van der Waals surface area contributed by atoms with Crippen LogP contribution < -0.4 is 5.32 Å². The Hall–Kier alpha value is -1.38. The van der Waals surface area contributed by atoms with E-state index in [4.69, 9.17) is 23.2 Å². The number of hydrogen-bond donors (Lipinski definition) is 1. The van der Waals surface area contributed by atoms with Gasteiger partial charge >= 0.3 is 0 Å². The Labute approximate surface area is 143 Å². The molecular formula is C13H7Cl2IN2O3. The number of nitro benzene ring substituents is 1. The van der Waals surface area contributed by atoms with E-state index in [-0.39, 0.29) is 16.3 Å². The Morgan fingerprint density at radius 1 is 1.24 bits per heavy atom. The number of nitro groups is 1. The minimum absolute atomic E-state index is 0.155. The molecule has 5 nitrogen and oxygen atoms in total. The summed E-state index contributed by atoms with van der Waals surface area (Å²) in [4.78, 5) is 22.5. The lowest BCUT2D eigenvalue weighted by Gasteiger charge is -2.09. The van der Waals surface area contributed by atoms with Gasteiger partial charge in [-0.25, -0.2) is 0 Å². The van der Waals surface area contributed by atoms with Gasteiger partial charge in [0.15, 0.2) is 0 Å². The third-order valence-corrected chi connectivity index (χ3v) is 4.36. The molecule has 1 N–H and O–H groups in total. The Kier molecular flexibility index (Phi) is 5.02. The number of non-ortho nitro benzene ring substituents is 1. The van der Waals surface area contributed by atoms with Crippen molar-refractivity contribution in [2.24, 2.45) is 0 Å². The Bertz CT molecular complexity index is 737. The Morgan fingerprint density at radius 2 is 1.95 bits per heavy atom. The van der Waals surface area contributed by atoms with Crippen molar-refractivity contribution in [3.63, 3.8) is 0 Å². The molecule has 0 saturated heterocycles. The summed E-state index contributed by atoms with van der Waals surface area (Å²) in [6, 6.07) is 8.89. The van der Waals surface area contributed by atoms with Crippen molar-refractivity contribution < 1.29 is 9.72 Å². The third kappa shape index (κ3) is 3.63. The van der Waals surface area contributed by atoms with E-state index in [1.54, 1.807) is 18.2 Å². The van der Waals surface area contributed by atoms with Crippen LogP contribution >= 0.6 is 45.8 Å². The Morgan fingerprint density at radius 3 is 2.62 bits per heavy atom. The fourth-order valence-electron chi connectivity index (χ4n) is 1.59. The van der Waals surface area contributed by atoms with E-state index in [1.807, 2.05) is 22.6 Å².